The normalized spacial score (nSPS) is 12.7. The molecule has 0 aliphatic heterocycles. The lowest BCUT2D eigenvalue weighted by Gasteiger charge is -2.18. The Balaban J connectivity index is 3.81. The molecule has 0 aromatic carbocycles. The van der Waals surface area contributed by atoms with Gasteiger partial charge in [0.2, 0.25) is 5.91 Å². The SMILES string of the molecule is CCN(C)C(=O)C(C)COC. The summed E-state index contributed by atoms with van der Waals surface area (Å²) in [7, 11) is 3.41. The minimum absolute atomic E-state index is 0.0232. The van der Waals surface area contributed by atoms with Gasteiger partial charge in [0.05, 0.1) is 12.5 Å². The van der Waals surface area contributed by atoms with E-state index in [1.54, 1.807) is 19.1 Å². The number of rotatable bonds is 4. The van der Waals surface area contributed by atoms with Gasteiger partial charge < -0.3 is 9.64 Å². The van der Waals surface area contributed by atoms with Gasteiger partial charge in [-0.05, 0) is 6.92 Å². The number of hydrogen-bond donors (Lipinski definition) is 0. The van der Waals surface area contributed by atoms with Gasteiger partial charge in [-0.1, -0.05) is 6.92 Å². The highest BCUT2D eigenvalue weighted by Crippen LogP contribution is 2.00. The van der Waals surface area contributed by atoms with E-state index < -0.39 is 0 Å². The Hall–Kier alpha value is -0.570. The zero-order valence-electron chi connectivity index (χ0n) is 7.76. The van der Waals surface area contributed by atoms with Crippen LogP contribution in [-0.2, 0) is 9.53 Å². The van der Waals surface area contributed by atoms with E-state index in [1.165, 1.54) is 0 Å². The van der Waals surface area contributed by atoms with Gasteiger partial charge in [-0.25, -0.2) is 0 Å². The van der Waals surface area contributed by atoms with Crippen molar-refractivity contribution in [2.24, 2.45) is 5.92 Å². The fourth-order valence-electron chi connectivity index (χ4n) is 0.853. The van der Waals surface area contributed by atoms with Crippen molar-refractivity contribution >= 4 is 5.91 Å². The van der Waals surface area contributed by atoms with Crippen LogP contribution in [0.5, 0.6) is 0 Å². The molecule has 0 saturated carbocycles. The van der Waals surface area contributed by atoms with Crippen molar-refractivity contribution < 1.29 is 9.53 Å². The highest BCUT2D eigenvalue weighted by molar-refractivity contribution is 5.78. The molecule has 0 N–H and O–H groups in total. The molecule has 0 spiro atoms. The third-order valence-corrected chi connectivity index (χ3v) is 1.69. The summed E-state index contributed by atoms with van der Waals surface area (Å²) in [6.45, 7) is 5.09. The molecule has 1 amide bonds. The van der Waals surface area contributed by atoms with Gasteiger partial charge in [0.15, 0.2) is 0 Å². The van der Waals surface area contributed by atoms with Crippen molar-refractivity contribution in [2.45, 2.75) is 13.8 Å². The van der Waals surface area contributed by atoms with Crippen LogP contribution in [0, 0.1) is 5.92 Å². The molecule has 0 radical (unpaired) electrons. The van der Waals surface area contributed by atoms with E-state index in [2.05, 4.69) is 0 Å². The minimum atomic E-state index is -0.0232. The smallest absolute Gasteiger partial charge is 0.227 e. The van der Waals surface area contributed by atoms with Gasteiger partial charge in [-0.2, -0.15) is 0 Å². The maximum Gasteiger partial charge on any atom is 0.227 e. The lowest BCUT2D eigenvalue weighted by molar-refractivity contribution is -0.135. The van der Waals surface area contributed by atoms with Crippen LogP contribution in [0.3, 0.4) is 0 Å². The zero-order chi connectivity index (χ0) is 8.85. The lowest BCUT2D eigenvalue weighted by Crippen LogP contribution is -2.33. The topological polar surface area (TPSA) is 29.5 Å². The molecule has 3 heteroatoms. The highest BCUT2D eigenvalue weighted by Gasteiger charge is 2.15. The molecule has 0 aliphatic carbocycles. The van der Waals surface area contributed by atoms with Gasteiger partial charge in [0.25, 0.3) is 0 Å². The number of carbonyl (C=O) groups is 1. The second-order valence-corrected chi connectivity index (χ2v) is 2.71. The first-order valence-electron chi connectivity index (χ1n) is 3.87. The first kappa shape index (κ1) is 10.4. The third-order valence-electron chi connectivity index (χ3n) is 1.69. The molecule has 11 heavy (non-hydrogen) atoms. The van der Waals surface area contributed by atoms with Gasteiger partial charge >= 0.3 is 0 Å². The summed E-state index contributed by atoms with van der Waals surface area (Å²) in [5, 5.41) is 0. The summed E-state index contributed by atoms with van der Waals surface area (Å²) >= 11 is 0. The summed E-state index contributed by atoms with van der Waals surface area (Å²) in [5.74, 6) is 0.124. The van der Waals surface area contributed by atoms with Crippen molar-refractivity contribution in [1.82, 2.24) is 4.90 Å². The molecule has 1 atom stereocenters. The van der Waals surface area contributed by atoms with E-state index in [4.69, 9.17) is 4.74 Å². The second-order valence-electron chi connectivity index (χ2n) is 2.71. The molecule has 0 rings (SSSR count). The molecule has 3 nitrogen and oxygen atoms in total. The fraction of sp³-hybridized carbons (Fsp3) is 0.875. The van der Waals surface area contributed by atoms with Crippen LogP contribution in [0.1, 0.15) is 13.8 Å². The molecule has 0 aliphatic rings. The molecule has 0 aromatic rings. The first-order valence-corrected chi connectivity index (χ1v) is 3.87. The van der Waals surface area contributed by atoms with E-state index >= 15 is 0 Å². The van der Waals surface area contributed by atoms with E-state index in [0.29, 0.717) is 6.61 Å². The van der Waals surface area contributed by atoms with Crippen molar-refractivity contribution in [3.63, 3.8) is 0 Å². The van der Waals surface area contributed by atoms with Crippen LogP contribution in [0.2, 0.25) is 0 Å². The van der Waals surface area contributed by atoms with Crippen molar-refractivity contribution in [2.75, 3.05) is 27.3 Å². The Bertz CT molecular complexity index is 125. The Labute approximate surface area is 68.3 Å². The monoisotopic (exact) mass is 159 g/mol. The standard InChI is InChI=1S/C8H17NO2/c1-5-9(3)8(10)7(2)6-11-4/h7H,5-6H2,1-4H3. The highest BCUT2D eigenvalue weighted by atomic mass is 16.5. The maximum atomic E-state index is 11.3. The third kappa shape index (κ3) is 3.37. The Kier molecular flexibility index (Phi) is 4.86. The van der Waals surface area contributed by atoms with Crippen LogP contribution in [0.4, 0.5) is 0 Å². The Morgan fingerprint density at radius 2 is 2.18 bits per heavy atom. The summed E-state index contributed by atoms with van der Waals surface area (Å²) in [5.41, 5.74) is 0. The average Bonchev–Trinajstić information content (AvgIpc) is 2.02. The first-order chi connectivity index (χ1) is 5.13. The average molecular weight is 159 g/mol. The number of ether oxygens (including phenoxy) is 1. The zero-order valence-corrected chi connectivity index (χ0v) is 7.76. The van der Waals surface area contributed by atoms with E-state index in [0.717, 1.165) is 6.54 Å². The van der Waals surface area contributed by atoms with E-state index in [1.807, 2.05) is 13.8 Å². The van der Waals surface area contributed by atoms with Gasteiger partial charge in [-0.15, -0.1) is 0 Å². The fourth-order valence-corrected chi connectivity index (χ4v) is 0.853. The van der Waals surface area contributed by atoms with Crippen molar-refractivity contribution in [3.8, 4) is 0 Å². The van der Waals surface area contributed by atoms with Crippen LogP contribution < -0.4 is 0 Å². The predicted octanol–water partition coefficient (Wildman–Crippen LogP) is 0.747. The van der Waals surface area contributed by atoms with E-state index in [-0.39, 0.29) is 11.8 Å². The van der Waals surface area contributed by atoms with Crippen molar-refractivity contribution in [1.29, 1.82) is 0 Å². The van der Waals surface area contributed by atoms with Gasteiger partial charge in [-0.3, -0.25) is 4.79 Å². The number of nitrogens with zero attached hydrogens (tertiary/aromatic N) is 1. The predicted molar refractivity (Wildman–Crippen MR) is 44.4 cm³/mol. The van der Waals surface area contributed by atoms with Crippen molar-refractivity contribution in [3.05, 3.63) is 0 Å². The molecular weight excluding hydrogens is 142 g/mol. The van der Waals surface area contributed by atoms with Gasteiger partial charge in [0.1, 0.15) is 0 Å². The quantitative estimate of drug-likeness (QED) is 0.605. The summed E-state index contributed by atoms with van der Waals surface area (Å²) in [6.07, 6.45) is 0. The van der Waals surface area contributed by atoms with Crippen LogP contribution in [0.25, 0.3) is 0 Å². The van der Waals surface area contributed by atoms with E-state index in [9.17, 15) is 4.79 Å². The second kappa shape index (κ2) is 5.13. The lowest BCUT2D eigenvalue weighted by atomic mass is 10.2. The molecule has 0 aromatic heterocycles. The molecule has 0 bridgehead atoms. The molecule has 0 fully saturated rings. The molecule has 0 saturated heterocycles. The minimum Gasteiger partial charge on any atom is -0.384 e. The van der Waals surface area contributed by atoms with Crippen LogP contribution >= 0.6 is 0 Å². The Morgan fingerprint density at radius 1 is 1.64 bits per heavy atom. The largest absolute Gasteiger partial charge is 0.384 e. The van der Waals surface area contributed by atoms with Gasteiger partial charge in [0, 0.05) is 20.7 Å². The number of amides is 1. The Morgan fingerprint density at radius 3 is 2.55 bits per heavy atom. The maximum absolute atomic E-state index is 11.3. The number of carbonyl (C=O) groups excluding carboxylic acids is 1. The summed E-state index contributed by atoms with van der Waals surface area (Å²) < 4.78 is 4.87. The molecule has 1 unspecified atom stereocenters. The number of methoxy groups -OCH3 is 1. The van der Waals surface area contributed by atoms with Crippen LogP contribution in [0.15, 0.2) is 0 Å². The molecule has 66 valence electrons. The summed E-state index contributed by atoms with van der Waals surface area (Å²) in [4.78, 5) is 13.0. The van der Waals surface area contributed by atoms with Crippen LogP contribution in [-0.4, -0.2) is 38.1 Å². The molecular formula is C8H17NO2. The molecule has 0 heterocycles. The number of hydrogen-bond acceptors (Lipinski definition) is 2. The summed E-state index contributed by atoms with van der Waals surface area (Å²) in [6, 6.07) is 0.